The normalized spacial score (nSPS) is 18.2. The highest BCUT2D eigenvalue weighted by Gasteiger charge is 2.43. The molecular formula is C23H20FN3O3. The predicted molar refractivity (Wildman–Crippen MR) is 105 cm³/mol. The number of nitrogens with one attached hydrogen (secondary N) is 1. The molecule has 1 aliphatic heterocycles. The van der Waals surface area contributed by atoms with Crippen molar-refractivity contribution in [3.63, 3.8) is 0 Å². The molecule has 152 valence electrons. The van der Waals surface area contributed by atoms with Gasteiger partial charge >= 0.3 is 0 Å². The number of nitrogens with zero attached hydrogens (tertiary/aromatic N) is 2. The standard InChI is InChI=1S/C23H20FN3O3/c24-18-9-7-16(8-10-18)20-19(21(28)17-5-2-1-3-6-17)22(29)23(30)27(20)13-4-12-26-14-11-25-15-26/h1-3,5-11,14-15,20H,4,12-13H2,(H,28,29). The molecule has 2 aromatic carbocycles. The van der Waals surface area contributed by atoms with Gasteiger partial charge in [0.05, 0.1) is 12.6 Å². The van der Waals surface area contributed by atoms with E-state index < -0.39 is 29.3 Å². The number of imidazole rings is 1. The Morgan fingerprint density at radius 1 is 1.10 bits per heavy atom. The molecule has 1 N–H and O–H groups in total. The third-order valence-electron chi connectivity index (χ3n) is 5.17. The molecule has 0 radical (unpaired) electrons. The molecule has 1 aliphatic rings. The summed E-state index contributed by atoms with van der Waals surface area (Å²) < 4.78 is 15.4. The Morgan fingerprint density at radius 2 is 1.83 bits per heavy atom. The quantitative estimate of drug-likeness (QED) is 0.294. The van der Waals surface area contributed by atoms with Crippen LogP contribution in [0.1, 0.15) is 23.6 Å². The van der Waals surface area contributed by atoms with Crippen LogP contribution in [0.15, 0.2) is 78.9 Å². The smallest absolute Gasteiger partial charge is 0.295 e. The Kier molecular flexibility index (Phi) is 5.43. The number of hydrogen-bond donors (Lipinski definition) is 1. The summed E-state index contributed by atoms with van der Waals surface area (Å²) in [5.41, 5.74) is 0.779. The van der Waals surface area contributed by atoms with E-state index in [2.05, 4.69) is 4.98 Å². The lowest BCUT2D eigenvalue weighted by molar-refractivity contribution is -0.695. The van der Waals surface area contributed by atoms with Crippen LogP contribution >= 0.6 is 0 Å². The van der Waals surface area contributed by atoms with Crippen molar-refractivity contribution in [3.8, 4) is 0 Å². The second-order valence-corrected chi connectivity index (χ2v) is 7.09. The van der Waals surface area contributed by atoms with Crippen molar-refractivity contribution in [2.24, 2.45) is 0 Å². The minimum absolute atomic E-state index is 0.0906. The van der Waals surface area contributed by atoms with Gasteiger partial charge in [0.15, 0.2) is 0 Å². The summed E-state index contributed by atoms with van der Waals surface area (Å²) in [4.78, 5) is 30.0. The fourth-order valence-electron chi connectivity index (χ4n) is 3.72. The first-order valence-corrected chi connectivity index (χ1v) is 9.65. The second kappa shape index (κ2) is 8.32. The largest absolute Gasteiger partial charge is 0.872 e. The Labute approximate surface area is 172 Å². The lowest BCUT2D eigenvalue weighted by Gasteiger charge is -2.27. The molecule has 4 rings (SSSR count). The summed E-state index contributed by atoms with van der Waals surface area (Å²) in [7, 11) is 0. The van der Waals surface area contributed by atoms with E-state index in [4.69, 9.17) is 0 Å². The number of carbonyl (C=O) groups is 2. The molecule has 7 heteroatoms. The summed E-state index contributed by atoms with van der Waals surface area (Å²) in [6.07, 6.45) is 6.04. The molecule has 0 saturated carbocycles. The number of ketones is 1. The van der Waals surface area contributed by atoms with E-state index in [9.17, 15) is 19.1 Å². The summed E-state index contributed by atoms with van der Waals surface area (Å²) in [5.74, 6) is -2.42. The molecule has 1 atom stereocenters. The summed E-state index contributed by atoms with van der Waals surface area (Å²) >= 11 is 0. The number of halogens is 1. The number of Topliss-reactive ketones (excluding diaryl/α,β-unsaturated/α-hetero) is 1. The number of benzene rings is 2. The topological polar surface area (TPSA) is 80.1 Å². The minimum Gasteiger partial charge on any atom is -0.872 e. The maximum absolute atomic E-state index is 13.5. The molecule has 30 heavy (non-hydrogen) atoms. The molecule has 2 heterocycles. The van der Waals surface area contributed by atoms with Crippen molar-refractivity contribution in [2.45, 2.75) is 19.0 Å². The van der Waals surface area contributed by atoms with Crippen LogP contribution in [-0.4, -0.2) is 28.1 Å². The van der Waals surface area contributed by atoms with Gasteiger partial charge in [0.25, 0.3) is 5.91 Å². The first-order chi connectivity index (χ1) is 14.6. The Morgan fingerprint density at radius 3 is 2.50 bits per heavy atom. The monoisotopic (exact) mass is 405 g/mol. The number of likely N-dealkylation sites (tertiary alicyclic amines) is 1. The van der Waals surface area contributed by atoms with E-state index in [0.29, 0.717) is 24.1 Å². The fourth-order valence-corrected chi connectivity index (χ4v) is 3.72. The number of aromatic amines is 1. The van der Waals surface area contributed by atoms with Gasteiger partial charge in [0.1, 0.15) is 18.2 Å². The van der Waals surface area contributed by atoms with E-state index in [1.165, 1.54) is 29.2 Å². The first kappa shape index (κ1) is 19.6. The molecule has 1 unspecified atom stereocenters. The Bertz CT molecular complexity index is 1080. The number of amides is 1. The van der Waals surface area contributed by atoms with Crippen molar-refractivity contribution in [2.75, 3.05) is 6.54 Å². The summed E-state index contributed by atoms with van der Waals surface area (Å²) in [5, 5.41) is 13.1. The lowest BCUT2D eigenvalue weighted by atomic mass is 9.95. The van der Waals surface area contributed by atoms with Crippen molar-refractivity contribution in [3.05, 3.63) is 95.8 Å². The van der Waals surface area contributed by atoms with Gasteiger partial charge in [-0.25, -0.2) is 8.96 Å². The Balaban J connectivity index is 1.72. The zero-order chi connectivity index (χ0) is 21.1. The van der Waals surface area contributed by atoms with Crippen molar-refractivity contribution in [1.29, 1.82) is 0 Å². The van der Waals surface area contributed by atoms with E-state index in [1.54, 1.807) is 42.9 Å². The fraction of sp³-hybridized carbons (Fsp3) is 0.174. The second-order valence-electron chi connectivity index (χ2n) is 7.09. The van der Waals surface area contributed by atoms with Gasteiger partial charge in [0, 0.05) is 18.5 Å². The van der Waals surface area contributed by atoms with Gasteiger partial charge in [-0.2, -0.15) is 0 Å². The number of carbonyl (C=O) groups excluding carboxylic acids is 2. The van der Waals surface area contributed by atoms with E-state index in [1.807, 2.05) is 10.8 Å². The molecule has 1 saturated heterocycles. The number of hydrogen-bond acceptors (Lipinski definition) is 3. The number of H-pyrrole nitrogens is 1. The van der Waals surface area contributed by atoms with Gasteiger partial charge in [-0.05, 0) is 23.3 Å². The minimum atomic E-state index is -0.838. The predicted octanol–water partition coefficient (Wildman–Crippen LogP) is 1.76. The zero-order valence-electron chi connectivity index (χ0n) is 16.1. The van der Waals surface area contributed by atoms with Crippen LogP contribution in [0.4, 0.5) is 4.39 Å². The Hall–Kier alpha value is -3.74. The summed E-state index contributed by atoms with van der Waals surface area (Å²) in [6.45, 7) is 0.927. The summed E-state index contributed by atoms with van der Waals surface area (Å²) in [6, 6.07) is 13.1. The van der Waals surface area contributed by atoms with Crippen LogP contribution in [0.2, 0.25) is 0 Å². The van der Waals surface area contributed by atoms with Crippen LogP contribution < -0.4 is 9.67 Å². The third kappa shape index (κ3) is 3.74. The molecule has 0 aliphatic carbocycles. The average Bonchev–Trinajstić information content (AvgIpc) is 3.37. The maximum Gasteiger partial charge on any atom is 0.295 e. The van der Waals surface area contributed by atoms with Crippen molar-refractivity contribution < 1.29 is 23.7 Å². The first-order valence-electron chi connectivity index (χ1n) is 9.65. The molecule has 1 aromatic heterocycles. The van der Waals surface area contributed by atoms with Crippen LogP contribution in [0.3, 0.4) is 0 Å². The molecule has 6 nitrogen and oxygen atoms in total. The van der Waals surface area contributed by atoms with Crippen molar-refractivity contribution in [1.82, 2.24) is 9.88 Å². The highest BCUT2D eigenvalue weighted by Crippen LogP contribution is 2.38. The van der Waals surface area contributed by atoms with E-state index in [0.717, 1.165) is 0 Å². The van der Waals surface area contributed by atoms with Crippen LogP contribution in [-0.2, 0) is 16.1 Å². The maximum atomic E-state index is 13.5. The molecule has 0 bridgehead atoms. The molecule has 1 amide bonds. The highest BCUT2D eigenvalue weighted by atomic mass is 19.1. The molecule has 0 spiro atoms. The van der Waals surface area contributed by atoms with Crippen LogP contribution in [0, 0.1) is 5.82 Å². The average molecular weight is 405 g/mol. The lowest BCUT2D eigenvalue weighted by Crippen LogP contribution is -2.36. The van der Waals surface area contributed by atoms with Gasteiger partial charge < -0.3 is 10.0 Å². The van der Waals surface area contributed by atoms with Gasteiger partial charge in [-0.3, -0.25) is 14.6 Å². The molecular weight excluding hydrogens is 385 g/mol. The van der Waals surface area contributed by atoms with Crippen molar-refractivity contribution >= 4 is 17.4 Å². The number of aryl methyl sites for hydroxylation is 1. The SMILES string of the molecule is O=C1C(=O)N(CCC[n+]2cc[nH]c2)C(c2ccc(F)cc2)/C1=C(\[O-])c1ccccc1. The number of rotatable bonds is 6. The van der Waals surface area contributed by atoms with Gasteiger partial charge in [0.2, 0.25) is 12.1 Å². The van der Waals surface area contributed by atoms with Crippen LogP contribution in [0.25, 0.3) is 5.76 Å². The van der Waals surface area contributed by atoms with Crippen LogP contribution in [0.5, 0.6) is 0 Å². The van der Waals surface area contributed by atoms with E-state index >= 15 is 0 Å². The zero-order valence-corrected chi connectivity index (χ0v) is 16.1. The third-order valence-corrected chi connectivity index (χ3v) is 5.17. The molecule has 1 fully saturated rings. The van der Waals surface area contributed by atoms with Gasteiger partial charge in [-0.15, -0.1) is 0 Å². The van der Waals surface area contributed by atoms with E-state index in [-0.39, 0.29) is 12.1 Å². The van der Waals surface area contributed by atoms with Gasteiger partial charge in [-0.1, -0.05) is 48.2 Å². The highest BCUT2D eigenvalue weighted by molar-refractivity contribution is 6.46. The number of aromatic nitrogens is 2. The molecule has 3 aromatic rings.